The minimum absolute atomic E-state index is 0.0358. The molecule has 0 spiro atoms. The van der Waals surface area contributed by atoms with Crippen molar-refractivity contribution in [2.24, 2.45) is 0 Å². The predicted octanol–water partition coefficient (Wildman–Crippen LogP) is 5.29. The molecule has 33 heavy (non-hydrogen) atoms. The van der Waals surface area contributed by atoms with Gasteiger partial charge in [-0.15, -0.1) is 0 Å². The lowest BCUT2D eigenvalue weighted by Crippen LogP contribution is -2.29. The lowest BCUT2D eigenvalue weighted by molar-refractivity contribution is -0.132. The van der Waals surface area contributed by atoms with Crippen LogP contribution in [0.3, 0.4) is 0 Å². The summed E-state index contributed by atoms with van der Waals surface area (Å²) >= 11 is 6.34. The SMILES string of the molecule is COc1ccc([C@@H]2C(=C(O)c3ccccc3)C(=O)C(=O)N2c2ccc(C)c(Cl)c2)c(OC)c1. The molecule has 1 heterocycles. The number of aliphatic hydroxyl groups excluding tert-OH is 1. The Balaban J connectivity index is 2.00. The number of carbonyl (C=O) groups is 2. The van der Waals surface area contributed by atoms with Crippen LogP contribution in [0.1, 0.15) is 22.7 Å². The molecule has 1 atom stereocenters. The van der Waals surface area contributed by atoms with Crippen molar-refractivity contribution in [2.75, 3.05) is 19.1 Å². The van der Waals surface area contributed by atoms with Gasteiger partial charge in [-0.1, -0.05) is 48.0 Å². The van der Waals surface area contributed by atoms with E-state index in [1.54, 1.807) is 66.7 Å². The molecule has 168 valence electrons. The van der Waals surface area contributed by atoms with Gasteiger partial charge in [0.25, 0.3) is 11.7 Å². The zero-order valence-corrected chi connectivity index (χ0v) is 19.1. The summed E-state index contributed by atoms with van der Waals surface area (Å²) in [6.45, 7) is 1.85. The molecule has 0 bridgehead atoms. The molecule has 0 aliphatic carbocycles. The second-order valence-electron chi connectivity index (χ2n) is 7.58. The van der Waals surface area contributed by atoms with Crippen molar-refractivity contribution < 1.29 is 24.2 Å². The number of benzene rings is 3. The first kappa shape index (κ1) is 22.4. The van der Waals surface area contributed by atoms with Gasteiger partial charge in [-0.25, -0.2) is 0 Å². The molecule has 0 unspecified atom stereocenters. The van der Waals surface area contributed by atoms with E-state index in [1.165, 1.54) is 19.1 Å². The third-order valence-electron chi connectivity index (χ3n) is 5.66. The van der Waals surface area contributed by atoms with Crippen LogP contribution >= 0.6 is 11.6 Å². The molecule has 6 nitrogen and oxygen atoms in total. The van der Waals surface area contributed by atoms with Crippen molar-refractivity contribution in [3.05, 3.63) is 94.0 Å². The number of nitrogens with zero attached hydrogens (tertiary/aromatic N) is 1. The summed E-state index contributed by atoms with van der Waals surface area (Å²) < 4.78 is 10.9. The fourth-order valence-corrected chi connectivity index (χ4v) is 4.10. The number of rotatable bonds is 5. The molecule has 1 aliphatic rings. The van der Waals surface area contributed by atoms with Gasteiger partial charge in [0.15, 0.2) is 0 Å². The first-order chi connectivity index (χ1) is 15.9. The molecule has 1 aliphatic heterocycles. The van der Waals surface area contributed by atoms with E-state index in [1.807, 2.05) is 6.92 Å². The van der Waals surface area contributed by atoms with Crippen molar-refractivity contribution in [1.29, 1.82) is 0 Å². The van der Waals surface area contributed by atoms with E-state index >= 15 is 0 Å². The largest absolute Gasteiger partial charge is 0.507 e. The fourth-order valence-electron chi connectivity index (χ4n) is 3.92. The number of halogens is 1. The quantitative estimate of drug-likeness (QED) is 0.316. The molecule has 3 aromatic rings. The van der Waals surface area contributed by atoms with Crippen LogP contribution in [0.2, 0.25) is 5.02 Å². The number of carbonyl (C=O) groups excluding carboxylic acids is 2. The highest BCUT2D eigenvalue weighted by molar-refractivity contribution is 6.52. The van der Waals surface area contributed by atoms with Crippen molar-refractivity contribution >= 4 is 34.7 Å². The molecular formula is C26H22ClNO5. The number of amides is 1. The van der Waals surface area contributed by atoms with E-state index < -0.39 is 17.7 Å². The Morgan fingerprint density at radius 2 is 1.70 bits per heavy atom. The number of aliphatic hydroxyl groups is 1. The average Bonchev–Trinajstić information content (AvgIpc) is 3.10. The molecule has 0 aromatic heterocycles. The van der Waals surface area contributed by atoms with Crippen molar-refractivity contribution in [3.63, 3.8) is 0 Å². The van der Waals surface area contributed by atoms with Gasteiger partial charge < -0.3 is 14.6 Å². The summed E-state index contributed by atoms with van der Waals surface area (Å²) in [5.41, 5.74) is 2.18. The van der Waals surface area contributed by atoms with Crippen LogP contribution in [0.15, 0.2) is 72.3 Å². The van der Waals surface area contributed by atoms with Gasteiger partial charge in [-0.2, -0.15) is 0 Å². The normalized spacial score (nSPS) is 17.3. The van der Waals surface area contributed by atoms with Gasteiger partial charge >= 0.3 is 0 Å². The number of hydrogen-bond donors (Lipinski definition) is 1. The zero-order valence-electron chi connectivity index (χ0n) is 18.3. The van der Waals surface area contributed by atoms with Crippen LogP contribution in [0.5, 0.6) is 11.5 Å². The van der Waals surface area contributed by atoms with E-state index in [-0.39, 0.29) is 11.3 Å². The maximum Gasteiger partial charge on any atom is 0.300 e. The topological polar surface area (TPSA) is 76.1 Å². The number of aryl methyl sites for hydroxylation is 1. The summed E-state index contributed by atoms with van der Waals surface area (Å²) in [6, 6.07) is 17.9. The third kappa shape index (κ3) is 3.94. The van der Waals surface area contributed by atoms with Crippen LogP contribution in [-0.2, 0) is 9.59 Å². The molecule has 1 saturated heterocycles. The first-order valence-electron chi connectivity index (χ1n) is 10.2. The van der Waals surface area contributed by atoms with Crippen molar-refractivity contribution in [3.8, 4) is 11.5 Å². The molecule has 3 aromatic carbocycles. The maximum absolute atomic E-state index is 13.3. The van der Waals surface area contributed by atoms with Crippen LogP contribution in [0.25, 0.3) is 5.76 Å². The fraction of sp³-hybridized carbons (Fsp3) is 0.154. The highest BCUT2D eigenvalue weighted by atomic mass is 35.5. The van der Waals surface area contributed by atoms with Crippen molar-refractivity contribution in [2.45, 2.75) is 13.0 Å². The van der Waals surface area contributed by atoms with Gasteiger partial charge in [0.1, 0.15) is 17.3 Å². The van der Waals surface area contributed by atoms with Gasteiger partial charge in [0, 0.05) is 27.9 Å². The number of ketones is 1. The third-order valence-corrected chi connectivity index (χ3v) is 6.07. The average molecular weight is 464 g/mol. The lowest BCUT2D eigenvalue weighted by atomic mass is 9.94. The molecule has 0 saturated carbocycles. The summed E-state index contributed by atoms with van der Waals surface area (Å²) in [5.74, 6) is -0.874. The number of hydrogen-bond acceptors (Lipinski definition) is 5. The summed E-state index contributed by atoms with van der Waals surface area (Å²) in [5, 5.41) is 11.6. The smallest absolute Gasteiger partial charge is 0.300 e. The Kier molecular flexibility index (Phi) is 6.11. The number of Topliss-reactive ketones (excluding diaryl/α,β-unsaturated/α-hetero) is 1. The molecule has 1 fully saturated rings. The van der Waals surface area contributed by atoms with Crippen molar-refractivity contribution in [1.82, 2.24) is 0 Å². The monoisotopic (exact) mass is 463 g/mol. The molecule has 7 heteroatoms. The van der Waals surface area contributed by atoms with E-state index in [4.69, 9.17) is 21.1 Å². The Labute approximate surface area is 196 Å². The maximum atomic E-state index is 13.3. The summed E-state index contributed by atoms with van der Waals surface area (Å²) in [4.78, 5) is 27.9. The van der Waals surface area contributed by atoms with Crippen LogP contribution in [0.4, 0.5) is 5.69 Å². The van der Waals surface area contributed by atoms with E-state index in [9.17, 15) is 14.7 Å². The standard InChI is InChI=1S/C26H22ClNO5/c1-15-9-10-17(13-20(15)27)28-23(19-12-11-18(32-2)14-21(19)33-3)22(25(30)26(28)31)24(29)16-7-5-4-6-8-16/h4-14,23,29H,1-3H3/t23-/m1/s1. The highest BCUT2D eigenvalue weighted by Gasteiger charge is 2.48. The molecule has 1 amide bonds. The Hall–Kier alpha value is -3.77. The second-order valence-corrected chi connectivity index (χ2v) is 7.98. The number of ether oxygens (including phenoxy) is 2. The summed E-state index contributed by atoms with van der Waals surface area (Å²) in [6.07, 6.45) is 0. The number of methoxy groups -OCH3 is 2. The molecule has 0 radical (unpaired) electrons. The zero-order chi connectivity index (χ0) is 23.7. The van der Waals surface area contributed by atoms with Crippen LogP contribution < -0.4 is 14.4 Å². The minimum Gasteiger partial charge on any atom is -0.507 e. The predicted molar refractivity (Wildman–Crippen MR) is 127 cm³/mol. The lowest BCUT2D eigenvalue weighted by Gasteiger charge is -2.27. The highest BCUT2D eigenvalue weighted by Crippen LogP contribution is 2.46. The van der Waals surface area contributed by atoms with E-state index in [2.05, 4.69) is 0 Å². The van der Waals surface area contributed by atoms with Gasteiger partial charge in [0.2, 0.25) is 0 Å². The van der Waals surface area contributed by atoms with E-state index in [0.717, 1.165) is 5.56 Å². The molecule has 1 N–H and O–H groups in total. The minimum atomic E-state index is -0.940. The van der Waals surface area contributed by atoms with Crippen LogP contribution in [-0.4, -0.2) is 31.0 Å². The Morgan fingerprint density at radius 3 is 2.33 bits per heavy atom. The Bertz CT molecular complexity index is 1270. The Morgan fingerprint density at radius 1 is 0.970 bits per heavy atom. The van der Waals surface area contributed by atoms with Gasteiger partial charge in [-0.3, -0.25) is 14.5 Å². The van der Waals surface area contributed by atoms with Gasteiger partial charge in [-0.05, 0) is 36.8 Å². The van der Waals surface area contributed by atoms with Crippen LogP contribution in [0, 0.1) is 6.92 Å². The summed E-state index contributed by atoms with van der Waals surface area (Å²) in [7, 11) is 3.02. The van der Waals surface area contributed by atoms with E-state index in [0.29, 0.717) is 33.3 Å². The number of anilines is 1. The molecular weight excluding hydrogens is 442 g/mol. The first-order valence-corrected chi connectivity index (χ1v) is 10.6. The second kappa shape index (κ2) is 9.00. The molecule has 4 rings (SSSR count). The van der Waals surface area contributed by atoms with Gasteiger partial charge in [0.05, 0.1) is 25.8 Å².